The molecule has 0 aliphatic carbocycles. The van der Waals surface area contributed by atoms with Gasteiger partial charge < -0.3 is 9.47 Å². The van der Waals surface area contributed by atoms with Crippen molar-refractivity contribution in [1.29, 1.82) is 0 Å². The molecule has 9 heteroatoms. The van der Waals surface area contributed by atoms with Crippen molar-refractivity contribution in [2.75, 3.05) is 6.61 Å². The van der Waals surface area contributed by atoms with E-state index >= 15 is 0 Å². The van der Waals surface area contributed by atoms with Crippen LogP contribution in [-0.4, -0.2) is 24.1 Å². The average molecular weight is 310 g/mol. The summed E-state index contributed by atoms with van der Waals surface area (Å²) in [6.45, 7) is -1.83. The van der Waals surface area contributed by atoms with E-state index < -0.39 is 34.5 Å². The number of carbonyl (C=O) groups excluding carboxylic acids is 1. The van der Waals surface area contributed by atoms with Gasteiger partial charge in [-0.3, -0.25) is 10.1 Å². The van der Waals surface area contributed by atoms with Crippen LogP contribution in [0.1, 0.15) is 22.8 Å². The molecule has 110 valence electrons. The van der Waals surface area contributed by atoms with Crippen molar-refractivity contribution in [1.82, 2.24) is 0 Å². The quantitative estimate of drug-likeness (QED) is 0.349. The fraction of sp³-hybridized carbons (Fsp3) is 0.364. The first-order chi connectivity index (χ1) is 9.40. The van der Waals surface area contributed by atoms with Crippen LogP contribution in [0.5, 0.6) is 5.75 Å². The Morgan fingerprint density at radius 1 is 1.50 bits per heavy atom. The number of halogens is 3. The van der Waals surface area contributed by atoms with E-state index in [2.05, 4.69) is 9.47 Å². The van der Waals surface area contributed by atoms with Crippen LogP contribution in [0.2, 0.25) is 0 Å². The lowest BCUT2D eigenvalue weighted by molar-refractivity contribution is -0.385. The van der Waals surface area contributed by atoms with Gasteiger partial charge in [0, 0.05) is 11.9 Å². The second-order valence-electron chi connectivity index (χ2n) is 3.48. The summed E-state index contributed by atoms with van der Waals surface area (Å²) >= 11 is 5.52. The van der Waals surface area contributed by atoms with Crippen LogP contribution in [0, 0.1) is 10.1 Å². The lowest BCUT2D eigenvalue weighted by Gasteiger charge is -2.11. The molecule has 0 amide bonds. The summed E-state index contributed by atoms with van der Waals surface area (Å²) in [7, 11) is 0. The highest BCUT2D eigenvalue weighted by Crippen LogP contribution is 2.33. The number of hydrogen-bond donors (Lipinski definition) is 0. The Labute approximate surface area is 117 Å². The average Bonchev–Trinajstić information content (AvgIpc) is 2.37. The van der Waals surface area contributed by atoms with Gasteiger partial charge in [-0.2, -0.15) is 8.78 Å². The minimum atomic E-state index is -3.24. The SMILES string of the molecule is CCOC(=O)c1c(OC(F)F)cc(CCl)cc1[N+](=O)[O-]. The summed E-state index contributed by atoms with van der Waals surface area (Å²) < 4.78 is 33.4. The molecule has 0 saturated heterocycles. The van der Waals surface area contributed by atoms with Crippen molar-refractivity contribution < 1.29 is 28.0 Å². The van der Waals surface area contributed by atoms with Gasteiger partial charge in [-0.05, 0) is 18.6 Å². The minimum absolute atomic E-state index is 0.0681. The molecule has 0 radical (unpaired) electrons. The second-order valence-corrected chi connectivity index (χ2v) is 3.75. The van der Waals surface area contributed by atoms with Crippen LogP contribution >= 0.6 is 11.6 Å². The fourth-order valence-electron chi connectivity index (χ4n) is 1.47. The number of esters is 1. The van der Waals surface area contributed by atoms with E-state index in [1.54, 1.807) is 0 Å². The largest absolute Gasteiger partial charge is 0.462 e. The number of carbonyl (C=O) groups is 1. The first-order valence-corrected chi connectivity index (χ1v) is 5.93. The van der Waals surface area contributed by atoms with Gasteiger partial charge in [0.15, 0.2) is 5.56 Å². The Morgan fingerprint density at radius 2 is 2.15 bits per heavy atom. The number of nitro benzene ring substituents is 1. The van der Waals surface area contributed by atoms with Crippen molar-refractivity contribution in [3.05, 3.63) is 33.4 Å². The van der Waals surface area contributed by atoms with E-state index in [1.165, 1.54) is 6.92 Å². The summed E-state index contributed by atoms with van der Waals surface area (Å²) in [5, 5.41) is 10.9. The van der Waals surface area contributed by atoms with E-state index in [1.807, 2.05) is 0 Å². The highest BCUT2D eigenvalue weighted by molar-refractivity contribution is 6.17. The lowest BCUT2D eigenvalue weighted by atomic mass is 10.1. The number of benzene rings is 1. The van der Waals surface area contributed by atoms with Crippen molar-refractivity contribution >= 4 is 23.3 Å². The molecule has 0 fully saturated rings. The van der Waals surface area contributed by atoms with Gasteiger partial charge in [-0.15, -0.1) is 11.6 Å². The zero-order valence-electron chi connectivity index (χ0n) is 10.3. The third-order valence-corrected chi connectivity index (χ3v) is 2.50. The number of nitrogens with zero attached hydrogens (tertiary/aromatic N) is 1. The molecular weight excluding hydrogens is 300 g/mol. The molecule has 0 spiro atoms. The van der Waals surface area contributed by atoms with Crippen molar-refractivity contribution in [2.24, 2.45) is 0 Å². The molecule has 1 aromatic carbocycles. The summed E-state index contributed by atoms with van der Waals surface area (Å²) in [5.41, 5.74) is -1.19. The number of alkyl halides is 3. The number of nitro groups is 1. The first kappa shape index (κ1) is 16.1. The van der Waals surface area contributed by atoms with Gasteiger partial charge in [-0.25, -0.2) is 4.79 Å². The predicted octanol–water partition coefficient (Wildman–Crippen LogP) is 3.11. The maximum absolute atomic E-state index is 12.3. The Bertz CT molecular complexity index is 524. The molecule has 0 bridgehead atoms. The summed E-state index contributed by atoms with van der Waals surface area (Å²) in [5.74, 6) is -1.91. The molecule has 0 aliphatic rings. The molecule has 0 N–H and O–H groups in total. The Balaban J connectivity index is 3.46. The number of ether oxygens (including phenoxy) is 2. The Kier molecular flexibility index (Phi) is 5.63. The molecule has 6 nitrogen and oxygen atoms in total. The first-order valence-electron chi connectivity index (χ1n) is 5.39. The number of rotatable bonds is 6. The van der Waals surface area contributed by atoms with Gasteiger partial charge in [0.2, 0.25) is 0 Å². The van der Waals surface area contributed by atoms with Crippen molar-refractivity contribution in [2.45, 2.75) is 19.4 Å². The maximum atomic E-state index is 12.3. The van der Waals surface area contributed by atoms with E-state index in [4.69, 9.17) is 11.6 Å². The summed E-state index contributed by atoms with van der Waals surface area (Å²) in [6.07, 6.45) is 0. The van der Waals surface area contributed by atoms with Crippen LogP contribution in [0.25, 0.3) is 0 Å². The molecule has 0 unspecified atom stereocenters. The second kappa shape index (κ2) is 6.99. The van der Waals surface area contributed by atoms with E-state index in [-0.39, 0.29) is 18.1 Å². The molecule has 1 aromatic rings. The molecular formula is C11H10ClF2NO5. The highest BCUT2D eigenvalue weighted by Gasteiger charge is 2.29. The molecule has 0 saturated carbocycles. The molecule has 0 atom stereocenters. The van der Waals surface area contributed by atoms with Gasteiger partial charge in [0.05, 0.1) is 11.5 Å². The number of hydrogen-bond acceptors (Lipinski definition) is 5. The van der Waals surface area contributed by atoms with E-state index in [9.17, 15) is 23.7 Å². The smallest absolute Gasteiger partial charge is 0.387 e. The lowest BCUT2D eigenvalue weighted by Crippen LogP contribution is -2.13. The van der Waals surface area contributed by atoms with Crippen molar-refractivity contribution in [3.8, 4) is 5.75 Å². The zero-order chi connectivity index (χ0) is 15.3. The predicted molar refractivity (Wildman–Crippen MR) is 65.2 cm³/mol. The van der Waals surface area contributed by atoms with Crippen LogP contribution in [-0.2, 0) is 10.6 Å². The standard InChI is InChI=1S/C11H10ClF2NO5/c1-2-19-10(16)9-7(15(17)18)3-6(5-12)4-8(9)20-11(13)14/h3-4,11H,2,5H2,1H3. The molecule has 0 heterocycles. The highest BCUT2D eigenvalue weighted by atomic mass is 35.5. The van der Waals surface area contributed by atoms with Gasteiger partial charge in [-0.1, -0.05) is 0 Å². The maximum Gasteiger partial charge on any atom is 0.387 e. The normalized spacial score (nSPS) is 10.4. The van der Waals surface area contributed by atoms with Crippen LogP contribution in [0.3, 0.4) is 0 Å². The minimum Gasteiger partial charge on any atom is -0.462 e. The molecule has 0 aromatic heterocycles. The monoisotopic (exact) mass is 309 g/mol. The van der Waals surface area contributed by atoms with E-state index in [0.717, 1.165) is 12.1 Å². The van der Waals surface area contributed by atoms with Gasteiger partial charge in [0.25, 0.3) is 5.69 Å². The van der Waals surface area contributed by atoms with Crippen LogP contribution in [0.4, 0.5) is 14.5 Å². The third-order valence-electron chi connectivity index (χ3n) is 2.19. The van der Waals surface area contributed by atoms with Gasteiger partial charge in [0.1, 0.15) is 5.75 Å². The summed E-state index contributed by atoms with van der Waals surface area (Å²) in [4.78, 5) is 21.7. The third kappa shape index (κ3) is 3.77. The summed E-state index contributed by atoms with van der Waals surface area (Å²) in [6, 6.07) is 2.05. The Hall–Kier alpha value is -1.96. The molecule has 20 heavy (non-hydrogen) atoms. The van der Waals surface area contributed by atoms with E-state index in [0.29, 0.717) is 0 Å². The molecule has 1 rings (SSSR count). The van der Waals surface area contributed by atoms with Crippen molar-refractivity contribution in [3.63, 3.8) is 0 Å². The fourth-order valence-corrected chi connectivity index (χ4v) is 1.63. The van der Waals surface area contributed by atoms with Crippen LogP contribution < -0.4 is 4.74 Å². The van der Waals surface area contributed by atoms with Crippen LogP contribution in [0.15, 0.2) is 12.1 Å². The molecule has 0 aliphatic heterocycles. The Morgan fingerprint density at radius 3 is 2.60 bits per heavy atom. The van der Waals surface area contributed by atoms with Gasteiger partial charge >= 0.3 is 12.6 Å². The zero-order valence-corrected chi connectivity index (χ0v) is 11.0. The topological polar surface area (TPSA) is 78.7 Å².